The van der Waals surface area contributed by atoms with Crippen molar-refractivity contribution in [2.45, 2.75) is 32.7 Å². The Kier molecular flexibility index (Phi) is 5.49. The molecular formula is C12H19NO2S. The molecule has 0 aromatic carbocycles. The van der Waals surface area contributed by atoms with Crippen LogP contribution in [0.2, 0.25) is 0 Å². The lowest BCUT2D eigenvalue weighted by Crippen LogP contribution is -2.38. The molecule has 4 heteroatoms. The van der Waals surface area contributed by atoms with E-state index in [0.717, 1.165) is 12.8 Å². The second-order valence-corrected chi connectivity index (χ2v) is 4.94. The molecule has 0 saturated heterocycles. The maximum absolute atomic E-state index is 11.5. The van der Waals surface area contributed by atoms with Gasteiger partial charge in [0, 0.05) is 11.3 Å². The highest BCUT2D eigenvalue weighted by atomic mass is 32.1. The van der Waals surface area contributed by atoms with Gasteiger partial charge >= 0.3 is 5.97 Å². The summed E-state index contributed by atoms with van der Waals surface area (Å²) in [6.07, 6.45) is 1.66. The number of hydrogen-bond acceptors (Lipinski definition) is 4. The first-order chi connectivity index (χ1) is 7.65. The number of thiophene rings is 1. The van der Waals surface area contributed by atoms with E-state index in [2.05, 4.69) is 0 Å². The van der Waals surface area contributed by atoms with Crippen molar-refractivity contribution in [2.75, 3.05) is 6.61 Å². The second-order valence-electron chi connectivity index (χ2n) is 3.91. The van der Waals surface area contributed by atoms with Gasteiger partial charge in [0.2, 0.25) is 0 Å². The van der Waals surface area contributed by atoms with Gasteiger partial charge in [-0.15, -0.1) is 11.3 Å². The SMILES string of the molecule is CCC(C)C(N)C(=O)OCCc1cccs1. The number of esters is 1. The van der Waals surface area contributed by atoms with E-state index in [-0.39, 0.29) is 11.9 Å². The number of hydrogen-bond donors (Lipinski definition) is 1. The molecule has 2 unspecified atom stereocenters. The molecule has 2 N–H and O–H groups in total. The van der Waals surface area contributed by atoms with Crippen molar-refractivity contribution in [3.8, 4) is 0 Å². The molecule has 16 heavy (non-hydrogen) atoms. The molecule has 1 rings (SSSR count). The third-order valence-corrected chi connectivity index (χ3v) is 3.64. The van der Waals surface area contributed by atoms with Crippen LogP contribution in [-0.2, 0) is 16.0 Å². The summed E-state index contributed by atoms with van der Waals surface area (Å²) in [6, 6.07) is 3.54. The summed E-state index contributed by atoms with van der Waals surface area (Å²) in [5.41, 5.74) is 5.76. The van der Waals surface area contributed by atoms with Gasteiger partial charge in [0.15, 0.2) is 0 Å². The molecule has 0 aliphatic rings. The molecule has 0 bridgehead atoms. The average molecular weight is 241 g/mol. The molecule has 2 atom stereocenters. The van der Waals surface area contributed by atoms with E-state index < -0.39 is 6.04 Å². The Labute approximate surface area is 101 Å². The summed E-state index contributed by atoms with van der Waals surface area (Å²) in [7, 11) is 0. The van der Waals surface area contributed by atoms with Crippen LogP contribution < -0.4 is 5.73 Å². The van der Waals surface area contributed by atoms with E-state index in [1.165, 1.54) is 4.88 Å². The number of nitrogens with two attached hydrogens (primary N) is 1. The highest BCUT2D eigenvalue weighted by Crippen LogP contribution is 2.10. The van der Waals surface area contributed by atoms with Crippen LogP contribution in [0.25, 0.3) is 0 Å². The lowest BCUT2D eigenvalue weighted by Gasteiger charge is -2.16. The van der Waals surface area contributed by atoms with Gasteiger partial charge in [-0.1, -0.05) is 26.3 Å². The number of rotatable bonds is 6. The summed E-state index contributed by atoms with van der Waals surface area (Å²) in [5.74, 6) is -0.111. The van der Waals surface area contributed by atoms with Crippen molar-refractivity contribution in [1.29, 1.82) is 0 Å². The normalized spacial score (nSPS) is 14.4. The maximum Gasteiger partial charge on any atom is 0.323 e. The summed E-state index contributed by atoms with van der Waals surface area (Å²) < 4.78 is 5.14. The van der Waals surface area contributed by atoms with E-state index in [9.17, 15) is 4.79 Å². The van der Waals surface area contributed by atoms with E-state index in [4.69, 9.17) is 10.5 Å². The third-order valence-electron chi connectivity index (χ3n) is 2.70. The van der Waals surface area contributed by atoms with E-state index in [1.54, 1.807) is 11.3 Å². The number of carbonyl (C=O) groups is 1. The van der Waals surface area contributed by atoms with E-state index in [1.807, 2.05) is 31.4 Å². The zero-order chi connectivity index (χ0) is 12.0. The monoisotopic (exact) mass is 241 g/mol. The minimum atomic E-state index is -0.492. The third kappa shape index (κ3) is 3.94. The molecule has 0 saturated carbocycles. The molecular weight excluding hydrogens is 222 g/mol. The lowest BCUT2D eigenvalue weighted by molar-refractivity contribution is -0.146. The van der Waals surface area contributed by atoms with Crippen LogP contribution in [-0.4, -0.2) is 18.6 Å². The van der Waals surface area contributed by atoms with Gasteiger partial charge in [-0.25, -0.2) is 0 Å². The number of carbonyl (C=O) groups excluding carboxylic acids is 1. The van der Waals surface area contributed by atoms with Crippen molar-refractivity contribution in [2.24, 2.45) is 11.7 Å². The summed E-state index contributed by atoms with van der Waals surface area (Å²) in [4.78, 5) is 12.8. The molecule has 1 aromatic rings. The lowest BCUT2D eigenvalue weighted by atomic mass is 10.0. The second kappa shape index (κ2) is 6.66. The average Bonchev–Trinajstić information content (AvgIpc) is 2.79. The van der Waals surface area contributed by atoms with Gasteiger partial charge in [-0.2, -0.15) is 0 Å². The van der Waals surface area contributed by atoms with Crippen LogP contribution in [0.5, 0.6) is 0 Å². The Morgan fingerprint density at radius 2 is 2.38 bits per heavy atom. The first-order valence-electron chi connectivity index (χ1n) is 5.59. The fourth-order valence-corrected chi connectivity index (χ4v) is 1.98. The fourth-order valence-electron chi connectivity index (χ4n) is 1.29. The van der Waals surface area contributed by atoms with Gasteiger partial charge in [0.1, 0.15) is 6.04 Å². The van der Waals surface area contributed by atoms with Gasteiger partial charge in [-0.05, 0) is 17.4 Å². The minimum Gasteiger partial charge on any atom is -0.464 e. The molecule has 0 amide bonds. The van der Waals surface area contributed by atoms with Crippen molar-refractivity contribution in [3.63, 3.8) is 0 Å². The quantitative estimate of drug-likeness (QED) is 0.777. The molecule has 3 nitrogen and oxygen atoms in total. The van der Waals surface area contributed by atoms with Gasteiger partial charge in [0.25, 0.3) is 0 Å². The number of ether oxygens (including phenoxy) is 1. The molecule has 0 spiro atoms. The van der Waals surface area contributed by atoms with Crippen LogP contribution in [0.15, 0.2) is 17.5 Å². The summed E-state index contributed by atoms with van der Waals surface area (Å²) in [5, 5.41) is 2.02. The Bertz CT molecular complexity index is 311. The van der Waals surface area contributed by atoms with Crippen molar-refractivity contribution in [1.82, 2.24) is 0 Å². The van der Waals surface area contributed by atoms with Crippen LogP contribution in [0.4, 0.5) is 0 Å². The van der Waals surface area contributed by atoms with Crippen molar-refractivity contribution < 1.29 is 9.53 Å². The Balaban J connectivity index is 2.24. The van der Waals surface area contributed by atoms with Crippen LogP contribution in [0.1, 0.15) is 25.1 Å². The standard InChI is InChI=1S/C12H19NO2S/c1-3-9(2)11(13)12(14)15-7-6-10-5-4-8-16-10/h4-5,8-9,11H,3,6-7,13H2,1-2H3. The van der Waals surface area contributed by atoms with E-state index in [0.29, 0.717) is 6.61 Å². The predicted molar refractivity (Wildman–Crippen MR) is 66.4 cm³/mol. The maximum atomic E-state index is 11.5. The molecule has 1 heterocycles. The molecule has 1 aromatic heterocycles. The van der Waals surface area contributed by atoms with Gasteiger partial charge in [0.05, 0.1) is 6.61 Å². The first kappa shape index (κ1) is 13.2. The van der Waals surface area contributed by atoms with Crippen molar-refractivity contribution >= 4 is 17.3 Å². The highest BCUT2D eigenvalue weighted by Gasteiger charge is 2.20. The Hall–Kier alpha value is -0.870. The zero-order valence-corrected chi connectivity index (χ0v) is 10.6. The largest absolute Gasteiger partial charge is 0.464 e. The van der Waals surface area contributed by atoms with Gasteiger partial charge < -0.3 is 10.5 Å². The molecule has 0 aliphatic heterocycles. The zero-order valence-electron chi connectivity index (χ0n) is 9.81. The highest BCUT2D eigenvalue weighted by molar-refractivity contribution is 7.09. The van der Waals surface area contributed by atoms with Gasteiger partial charge in [-0.3, -0.25) is 4.79 Å². The Morgan fingerprint density at radius 3 is 2.94 bits per heavy atom. The summed E-state index contributed by atoms with van der Waals surface area (Å²) >= 11 is 1.67. The Morgan fingerprint density at radius 1 is 1.62 bits per heavy atom. The summed E-state index contributed by atoms with van der Waals surface area (Å²) in [6.45, 7) is 4.40. The van der Waals surface area contributed by atoms with Crippen molar-refractivity contribution in [3.05, 3.63) is 22.4 Å². The topological polar surface area (TPSA) is 52.3 Å². The van der Waals surface area contributed by atoms with Crippen LogP contribution in [0.3, 0.4) is 0 Å². The molecule has 0 aliphatic carbocycles. The fraction of sp³-hybridized carbons (Fsp3) is 0.583. The van der Waals surface area contributed by atoms with Crippen LogP contribution in [0, 0.1) is 5.92 Å². The molecule has 0 fully saturated rings. The van der Waals surface area contributed by atoms with Crippen LogP contribution >= 0.6 is 11.3 Å². The minimum absolute atomic E-state index is 0.175. The van der Waals surface area contributed by atoms with E-state index >= 15 is 0 Å². The predicted octanol–water partition coefficient (Wildman–Crippen LogP) is 2.21. The molecule has 90 valence electrons. The first-order valence-corrected chi connectivity index (χ1v) is 6.47. The molecule has 0 radical (unpaired) electrons. The smallest absolute Gasteiger partial charge is 0.323 e.